The van der Waals surface area contributed by atoms with Gasteiger partial charge < -0.3 is 15.3 Å². The molecule has 0 fully saturated rings. The van der Waals surface area contributed by atoms with E-state index in [4.69, 9.17) is 0 Å². The maximum Gasteiger partial charge on any atom is 0.232 e. The van der Waals surface area contributed by atoms with Crippen LogP contribution < -0.4 is 0 Å². The molecular formula is C12H10O5. The predicted molar refractivity (Wildman–Crippen MR) is 58.5 cm³/mol. The minimum absolute atomic E-state index is 0.246. The van der Waals surface area contributed by atoms with E-state index in [9.17, 15) is 24.9 Å². The van der Waals surface area contributed by atoms with Gasteiger partial charge in [0.15, 0.2) is 11.5 Å². The third-order valence-electron chi connectivity index (χ3n) is 2.71. The van der Waals surface area contributed by atoms with Crippen LogP contribution in [0.1, 0.15) is 33.2 Å². The van der Waals surface area contributed by atoms with Gasteiger partial charge in [0.25, 0.3) is 0 Å². The predicted octanol–water partition coefficient (Wildman–Crippen LogP) is 1.48. The highest BCUT2D eigenvalue weighted by molar-refractivity contribution is 6.25. The number of benzene rings is 1. The number of aliphatic hydroxyl groups is 1. The fraction of sp³-hybridized carbons (Fsp3) is 0.167. The Morgan fingerprint density at radius 3 is 2.35 bits per heavy atom. The van der Waals surface area contributed by atoms with Crippen LogP contribution in [0.25, 0.3) is 0 Å². The summed E-state index contributed by atoms with van der Waals surface area (Å²) in [5.41, 5.74) is -0.216. The van der Waals surface area contributed by atoms with Crippen molar-refractivity contribution < 1.29 is 24.9 Å². The quantitative estimate of drug-likeness (QED) is 0.640. The second kappa shape index (κ2) is 3.62. The molecule has 0 radical (unpaired) electrons. The molecule has 0 spiro atoms. The van der Waals surface area contributed by atoms with Crippen molar-refractivity contribution >= 4 is 11.6 Å². The van der Waals surface area contributed by atoms with Gasteiger partial charge in [-0.2, -0.15) is 0 Å². The first-order valence-corrected chi connectivity index (χ1v) is 5.04. The summed E-state index contributed by atoms with van der Waals surface area (Å²) in [6.45, 7) is 1.74. The number of aromatic hydroxyl groups is 2. The van der Waals surface area contributed by atoms with Crippen LogP contribution in [0.5, 0.6) is 11.5 Å². The fourth-order valence-corrected chi connectivity index (χ4v) is 1.84. The highest BCUT2D eigenvalue weighted by Crippen LogP contribution is 2.37. The van der Waals surface area contributed by atoms with E-state index >= 15 is 0 Å². The Balaban J connectivity index is 2.83. The smallest absolute Gasteiger partial charge is 0.232 e. The van der Waals surface area contributed by atoms with Crippen molar-refractivity contribution in [3.63, 3.8) is 0 Å². The van der Waals surface area contributed by atoms with Crippen LogP contribution in [0.3, 0.4) is 0 Å². The van der Waals surface area contributed by atoms with Gasteiger partial charge in [-0.15, -0.1) is 0 Å². The minimum Gasteiger partial charge on any atom is -0.507 e. The zero-order valence-corrected chi connectivity index (χ0v) is 9.02. The second-order valence-electron chi connectivity index (χ2n) is 3.73. The molecule has 0 amide bonds. The molecular weight excluding hydrogens is 224 g/mol. The number of ketones is 2. The molecule has 0 bridgehead atoms. The molecule has 1 aromatic carbocycles. The summed E-state index contributed by atoms with van der Waals surface area (Å²) in [6.07, 6.45) is 1.15. The molecule has 3 N–H and O–H groups in total. The summed E-state index contributed by atoms with van der Waals surface area (Å²) < 4.78 is 0. The third kappa shape index (κ3) is 1.47. The van der Waals surface area contributed by atoms with Crippen LogP contribution in [0.2, 0.25) is 0 Å². The van der Waals surface area contributed by atoms with Crippen LogP contribution in [0.4, 0.5) is 0 Å². The Bertz CT molecular complexity index is 569. The van der Waals surface area contributed by atoms with E-state index in [0.717, 1.165) is 6.08 Å². The monoisotopic (exact) mass is 234 g/mol. The van der Waals surface area contributed by atoms with Crippen molar-refractivity contribution in [1.29, 1.82) is 0 Å². The van der Waals surface area contributed by atoms with E-state index < -0.39 is 23.1 Å². The van der Waals surface area contributed by atoms with Crippen LogP contribution in [0, 0.1) is 0 Å². The molecule has 1 aliphatic rings. The van der Waals surface area contributed by atoms with E-state index in [0.29, 0.717) is 12.0 Å². The number of aliphatic hydroxyl groups excluding tert-OH is 1. The average Bonchev–Trinajstić information content (AvgIpc) is 2.28. The molecule has 88 valence electrons. The van der Waals surface area contributed by atoms with Crippen LogP contribution in [0.15, 0.2) is 17.9 Å². The summed E-state index contributed by atoms with van der Waals surface area (Å²) in [4.78, 5) is 23.2. The van der Waals surface area contributed by atoms with Gasteiger partial charge in [0, 0.05) is 6.08 Å². The highest BCUT2D eigenvalue weighted by Gasteiger charge is 2.32. The number of allylic oxidation sites excluding steroid dienone is 2. The maximum atomic E-state index is 11.6. The molecule has 5 heteroatoms. The molecule has 0 saturated heterocycles. The van der Waals surface area contributed by atoms with Crippen molar-refractivity contribution in [1.82, 2.24) is 0 Å². The third-order valence-corrected chi connectivity index (χ3v) is 2.71. The zero-order chi connectivity index (χ0) is 12.7. The van der Waals surface area contributed by atoms with E-state index in [2.05, 4.69) is 0 Å². The van der Waals surface area contributed by atoms with Gasteiger partial charge in [0.05, 0.1) is 11.1 Å². The van der Waals surface area contributed by atoms with E-state index in [-0.39, 0.29) is 16.9 Å². The Hall–Kier alpha value is -2.30. The van der Waals surface area contributed by atoms with Gasteiger partial charge in [0.1, 0.15) is 11.5 Å². The fourth-order valence-electron chi connectivity index (χ4n) is 1.84. The molecule has 17 heavy (non-hydrogen) atoms. The van der Waals surface area contributed by atoms with Crippen molar-refractivity contribution in [2.75, 3.05) is 0 Å². The standard InChI is InChI=1S/C12H10O5/c1-2-5-3-6(13)10-9(11(5)16)7(14)4-8(15)12(10)17/h3-4,13,15-16H,2H2,1H3. The molecule has 0 heterocycles. The molecule has 0 atom stereocenters. The van der Waals surface area contributed by atoms with E-state index in [1.807, 2.05) is 0 Å². The van der Waals surface area contributed by atoms with Crippen LogP contribution in [-0.2, 0) is 6.42 Å². The highest BCUT2D eigenvalue weighted by atomic mass is 16.3. The second-order valence-corrected chi connectivity index (χ2v) is 3.73. The molecule has 2 rings (SSSR count). The SMILES string of the molecule is CCc1cc(O)c2c(c1O)C(=O)C=C(O)C2=O. The van der Waals surface area contributed by atoms with Gasteiger partial charge >= 0.3 is 0 Å². The molecule has 0 saturated carbocycles. The number of carbonyl (C=O) groups is 2. The molecule has 5 nitrogen and oxygen atoms in total. The Morgan fingerprint density at radius 2 is 1.76 bits per heavy atom. The van der Waals surface area contributed by atoms with Gasteiger partial charge in [-0.05, 0) is 18.1 Å². The molecule has 1 aliphatic carbocycles. The molecule has 0 unspecified atom stereocenters. The Morgan fingerprint density at radius 1 is 1.12 bits per heavy atom. The number of aryl methyl sites for hydroxylation is 1. The van der Waals surface area contributed by atoms with E-state index in [1.165, 1.54) is 6.07 Å². The summed E-state index contributed by atoms with van der Waals surface area (Å²) >= 11 is 0. The number of hydrogen-bond donors (Lipinski definition) is 3. The summed E-state index contributed by atoms with van der Waals surface area (Å²) in [5, 5.41) is 28.7. The van der Waals surface area contributed by atoms with Crippen molar-refractivity contribution in [2.45, 2.75) is 13.3 Å². The summed E-state index contributed by atoms with van der Waals surface area (Å²) in [5.74, 6) is -3.02. The first-order chi connectivity index (χ1) is 7.97. The normalized spacial score (nSPS) is 14.5. The Labute approximate surface area is 96.6 Å². The minimum atomic E-state index is -0.866. The van der Waals surface area contributed by atoms with Gasteiger partial charge in [-0.1, -0.05) is 6.92 Å². The number of fused-ring (bicyclic) bond motifs is 1. The summed E-state index contributed by atoms with van der Waals surface area (Å²) in [6, 6.07) is 1.22. The van der Waals surface area contributed by atoms with Gasteiger partial charge in [-0.3, -0.25) is 9.59 Å². The van der Waals surface area contributed by atoms with Crippen LogP contribution in [-0.4, -0.2) is 26.9 Å². The lowest BCUT2D eigenvalue weighted by Crippen LogP contribution is -2.17. The molecule has 0 aromatic heterocycles. The number of Topliss-reactive ketones (excluding diaryl/α,β-unsaturated/α-hetero) is 1. The van der Waals surface area contributed by atoms with Gasteiger partial charge in [0.2, 0.25) is 5.78 Å². The number of hydrogen-bond acceptors (Lipinski definition) is 5. The number of carbonyl (C=O) groups excluding carboxylic acids is 2. The Kier molecular flexibility index (Phi) is 2.38. The van der Waals surface area contributed by atoms with Gasteiger partial charge in [-0.25, -0.2) is 0 Å². The first-order valence-electron chi connectivity index (χ1n) is 5.04. The first kappa shape index (κ1) is 11.2. The van der Waals surface area contributed by atoms with Crippen molar-refractivity contribution in [3.05, 3.63) is 34.6 Å². The van der Waals surface area contributed by atoms with Crippen molar-refractivity contribution in [2.24, 2.45) is 0 Å². The number of phenolic OH excluding ortho intramolecular Hbond substituents is 2. The lowest BCUT2D eigenvalue weighted by Gasteiger charge is -2.16. The largest absolute Gasteiger partial charge is 0.507 e. The zero-order valence-electron chi connectivity index (χ0n) is 9.02. The lowest BCUT2D eigenvalue weighted by atomic mass is 9.89. The number of phenols is 2. The lowest BCUT2D eigenvalue weighted by molar-refractivity contribution is 0.0934. The molecule has 1 aromatic rings. The average molecular weight is 234 g/mol. The summed E-state index contributed by atoms with van der Waals surface area (Å²) in [7, 11) is 0. The van der Waals surface area contributed by atoms with Crippen molar-refractivity contribution in [3.8, 4) is 11.5 Å². The topological polar surface area (TPSA) is 94.8 Å². The number of rotatable bonds is 1. The van der Waals surface area contributed by atoms with E-state index in [1.54, 1.807) is 6.92 Å². The van der Waals surface area contributed by atoms with Crippen LogP contribution >= 0.6 is 0 Å². The maximum absolute atomic E-state index is 11.6. The molecule has 0 aliphatic heterocycles.